The summed E-state index contributed by atoms with van der Waals surface area (Å²) in [5.74, 6) is 0.824. The number of rotatable bonds is 7. The first-order chi connectivity index (χ1) is 13.0. The van der Waals surface area contributed by atoms with Crippen LogP contribution in [0.2, 0.25) is 0 Å². The van der Waals surface area contributed by atoms with Gasteiger partial charge in [-0.05, 0) is 55.0 Å². The smallest absolute Gasteiger partial charge is 0.209 e. The fourth-order valence-corrected chi connectivity index (χ4v) is 3.85. The Kier molecular flexibility index (Phi) is 6.09. The first kappa shape index (κ1) is 19.7. The van der Waals surface area contributed by atoms with Crippen LogP contribution in [0.15, 0.2) is 24.3 Å². The van der Waals surface area contributed by atoms with E-state index in [1.165, 1.54) is 17.0 Å². The Morgan fingerprint density at radius 2 is 1.81 bits per heavy atom. The van der Waals surface area contributed by atoms with Crippen molar-refractivity contribution in [2.75, 3.05) is 31.1 Å². The highest BCUT2D eigenvalue weighted by Gasteiger charge is 2.35. The summed E-state index contributed by atoms with van der Waals surface area (Å²) >= 11 is 0. The highest BCUT2D eigenvalue weighted by atomic mass is 19.1. The Hall–Kier alpha value is -2.02. The number of nitrogens with one attached hydrogen (secondary N) is 1. The van der Waals surface area contributed by atoms with Crippen LogP contribution in [0.25, 0.3) is 0 Å². The van der Waals surface area contributed by atoms with E-state index in [9.17, 15) is 4.39 Å². The summed E-state index contributed by atoms with van der Waals surface area (Å²) in [7, 11) is 0. The van der Waals surface area contributed by atoms with Crippen molar-refractivity contribution in [3.05, 3.63) is 35.9 Å². The molecule has 27 heavy (non-hydrogen) atoms. The van der Waals surface area contributed by atoms with Gasteiger partial charge in [0.05, 0.1) is 31.7 Å². The molecule has 0 bridgehead atoms. The predicted octanol–water partition coefficient (Wildman–Crippen LogP) is 2.20. The van der Waals surface area contributed by atoms with Crippen molar-refractivity contribution in [2.24, 2.45) is 0 Å². The summed E-state index contributed by atoms with van der Waals surface area (Å²) in [4.78, 5) is 3.88. The molecule has 0 aliphatic carbocycles. The molecule has 1 aliphatic rings. The molecule has 1 N–H and O–H groups in total. The number of benzene rings is 1. The van der Waals surface area contributed by atoms with Gasteiger partial charge in [-0.15, -0.1) is 5.10 Å². The largest absolute Gasteiger partial charge is 0.360 e. The van der Waals surface area contributed by atoms with Crippen molar-refractivity contribution in [2.45, 2.75) is 58.5 Å². The van der Waals surface area contributed by atoms with Crippen LogP contribution < -0.4 is 9.80 Å². The molecule has 6 nitrogen and oxygen atoms in total. The molecule has 3 rings (SSSR count). The molecule has 0 unspecified atom stereocenters. The second-order valence-electron chi connectivity index (χ2n) is 8.08. The van der Waals surface area contributed by atoms with Gasteiger partial charge in [-0.2, -0.15) is 0 Å². The summed E-state index contributed by atoms with van der Waals surface area (Å²) in [6, 6.07) is 7.12. The number of nitrogens with zero attached hydrogens (tertiary/aromatic N) is 5. The molecule has 1 fully saturated rings. The number of piperazine rings is 1. The molecule has 7 heteroatoms. The van der Waals surface area contributed by atoms with Crippen LogP contribution in [0.1, 0.15) is 58.8 Å². The third kappa shape index (κ3) is 4.29. The lowest BCUT2D eigenvalue weighted by atomic mass is 10.0. The number of anilines is 1. The van der Waals surface area contributed by atoms with Crippen LogP contribution in [-0.2, 0) is 5.54 Å². The van der Waals surface area contributed by atoms with Crippen LogP contribution in [-0.4, -0.2) is 46.4 Å². The normalized spacial score (nSPS) is 17.3. The summed E-state index contributed by atoms with van der Waals surface area (Å²) in [5.41, 5.74) is 1.01. The van der Waals surface area contributed by atoms with E-state index in [1.807, 2.05) is 16.8 Å². The van der Waals surface area contributed by atoms with E-state index in [-0.39, 0.29) is 11.4 Å². The lowest BCUT2D eigenvalue weighted by Crippen LogP contribution is -3.15. The molecule has 1 aromatic heterocycles. The van der Waals surface area contributed by atoms with E-state index in [0.29, 0.717) is 6.04 Å². The minimum Gasteiger partial charge on any atom is -0.360 e. The lowest BCUT2D eigenvalue weighted by Gasteiger charge is -2.38. The van der Waals surface area contributed by atoms with Gasteiger partial charge in [0.1, 0.15) is 11.9 Å². The highest BCUT2D eigenvalue weighted by Crippen LogP contribution is 2.23. The van der Waals surface area contributed by atoms with Crippen LogP contribution in [0.5, 0.6) is 0 Å². The average molecular weight is 376 g/mol. The van der Waals surface area contributed by atoms with Crippen LogP contribution in [0, 0.1) is 5.82 Å². The summed E-state index contributed by atoms with van der Waals surface area (Å²) in [6.07, 6.45) is 3.17. The van der Waals surface area contributed by atoms with Gasteiger partial charge in [0, 0.05) is 12.1 Å². The van der Waals surface area contributed by atoms with Crippen molar-refractivity contribution in [1.29, 1.82) is 0 Å². The van der Waals surface area contributed by atoms with E-state index in [2.05, 4.69) is 48.1 Å². The molecule has 1 aliphatic heterocycles. The van der Waals surface area contributed by atoms with E-state index >= 15 is 0 Å². The third-order valence-corrected chi connectivity index (χ3v) is 5.91. The van der Waals surface area contributed by atoms with E-state index in [4.69, 9.17) is 0 Å². The molecule has 0 amide bonds. The first-order valence-corrected chi connectivity index (χ1v) is 10.1. The Morgan fingerprint density at radius 1 is 1.15 bits per heavy atom. The third-order valence-electron chi connectivity index (χ3n) is 5.91. The van der Waals surface area contributed by atoms with Gasteiger partial charge in [0.25, 0.3) is 0 Å². The molecule has 0 spiro atoms. The van der Waals surface area contributed by atoms with Crippen molar-refractivity contribution in [1.82, 2.24) is 20.2 Å². The van der Waals surface area contributed by atoms with Crippen LogP contribution in [0.4, 0.5) is 10.1 Å². The van der Waals surface area contributed by atoms with Crippen molar-refractivity contribution in [3.63, 3.8) is 0 Å². The van der Waals surface area contributed by atoms with Gasteiger partial charge >= 0.3 is 0 Å². The molecule has 0 saturated carbocycles. The monoisotopic (exact) mass is 375 g/mol. The quantitative estimate of drug-likeness (QED) is 0.806. The van der Waals surface area contributed by atoms with Gasteiger partial charge in [0.15, 0.2) is 0 Å². The maximum atomic E-state index is 13.2. The van der Waals surface area contributed by atoms with E-state index < -0.39 is 0 Å². The number of halogens is 1. The molecule has 1 atom stereocenters. The summed E-state index contributed by atoms with van der Waals surface area (Å²) < 4.78 is 15.2. The zero-order valence-corrected chi connectivity index (χ0v) is 17.0. The topological polar surface area (TPSA) is 51.3 Å². The number of hydrogen-bond acceptors (Lipinski definition) is 4. The second kappa shape index (κ2) is 8.33. The zero-order chi connectivity index (χ0) is 19.4. The maximum absolute atomic E-state index is 13.2. The van der Waals surface area contributed by atoms with Crippen LogP contribution in [0.3, 0.4) is 0 Å². The highest BCUT2D eigenvalue weighted by molar-refractivity contribution is 5.46. The van der Waals surface area contributed by atoms with Crippen molar-refractivity contribution in [3.8, 4) is 0 Å². The average Bonchev–Trinajstić information content (AvgIpc) is 3.17. The van der Waals surface area contributed by atoms with Gasteiger partial charge in [-0.25, -0.2) is 9.07 Å². The standard InChI is InChI=1S/C20H31FN6/c1-5-7-18(19-22-23-24-27(19)20(3,4)6-2)26-14-12-25(13-15-26)17-10-8-16(21)9-11-17/h8-11,18H,5-7,12-15H2,1-4H3/p+1/t18-/m0/s1. The fraction of sp³-hybridized carbons (Fsp3) is 0.650. The molecule has 148 valence electrons. The molecule has 2 aromatic rings. The Bertz CT molecular complexity index is 718. The Morgan fingerprint density at radius 3 is 2.41 bits per heavy atom. The van der Waals surface area contributed by atoms with E-state index in [1.54, 1.807) is 0 Å². The number of quaternary nitrogens is 1. The summed E-state index contributed by atoms with van der Waals surface area (Å²) in [5, 5.41) is 12.8. The minimum absolute atomic E-state index is 0.0831. The lowest BCUT2D eigenvalue weighted by molar-refractivity contribution is -0.933. The molecule has 2 heterocycles. The fourth-order valence-electron chi connectivity index (χ4n) is 3.85. The first-order valence-electron chi connectivity index (χ1n) is 10.1. The second-order valence-corrected chi connectivity index (χ2v) is 8.08. The zero-order valence-electron chi connectivity index (χ0n) is 17.0. The van der Waals surface area contributed by atoms with Gasteiger partial charge in [0.2, 0.25) is 5.82 Å². The SMILES string of the molecule is CCC[C@@H](c1nnnn1C(C)(C)CC)[NH+]1CCN(c2ccc(F)cc2)CC1. The number of hydrogen-bond donors (Lipinski definition) is 1. The van der Waals surface area contributed by atoms with Crippen molar-refractivity contribution < 1.29 is 9.29 Å². The number of tetrazole rings is 1. The Labute approximate surface area is 161 Å². The predicted molar refractivity (Wildman–Crippen MR) is 104 cm³/mol. The molecule has 1 aromatic carbocycles. The summed E-state index contributed by atoms with van der Waals surface area (Å²) in [6.45, 7) is 12.8. The van der Waals surface area contributed by atoms with Gasteiger partial charge in [-0.3, -0.25) is 0 Å². The Balaban J connectivity index is 1.74. The minimum atomic E-state index is -0.184. The molecule has 1 saturated heterocycles. The van der Waals surface area contributed by atoms with Gasteiger partial charge in [-0.1, -0.05) is 20.3 Å². The molecular weight excluding hydrogens is 343 g/mol. The number of aromatic nitrogens is 4. The van der Waals surface area contributed by atoms with Gasteiger partial charge < -0.3 is 9.80 Å². The van der Waals surface area contributed by atoms with E-state index in [0.717, 1.165) is 57.0 Å². The maximum Gasteiger partial charge on any atom is 0.209 e. The van der Waals surface area contributed by atoms with Crippen LogP contribution >= 0.6 is 0 Å². The molecular formula is C20H32FN6+. The molecule has 0 radical (unpaired) electrons. The van der Waals surface area contributed by atoms with Crippen molar-refractivity contribution >= 4 is 5.69 Å².